The summed E-state index contributed by atoms with van der Waals surface area (Å²) in [6, 6.07) is 0. The number of allylic oxidation sites excluding steroid dienone is 2. The van der Waals surface area contributed by atoms with Crippen LogP contribution in [0, 0.1) is 28.6 Å². The second kappa shape index (κ2) is 6.00. The molecule has 1 aliphatic heterocycles. The van der Waals surface area contributed by atoms with E-state index in [1.807, 2.05) is 6.92 Å². The summed E-state index contributed by atoms with van der Waals surface area (Å²) in [4.78, 5) is 24.8. The molecule has 5 heteroatoms. The number of hydrogen-bond acceptors (Lipinski definition) is 5. The molecule has 0 radical (unpaired) electrons. The Bertz CT molecular complexity index is 703. The molecule has 0 saturated heterocycles. The van der Waals surface area contributed by atoms with E-state index < -0.39 is 22.9 Å². The summed E-state index contributed by atoms with van der Waals surface area (Å²) in [7, 11) is 1.46. The van der Waals surface area contributed by atoms with Crippen molar-refractivity contribution in [2.45, 2.75) is 46.1 Å². The molecule has 3 rings (SSSR count). The van der Waals surface area contributed by atoms with E-state index in [-0.39, 0.29) is 23.2 Å². The van der Waals surface area contributed by atoms with Gasteiger partial charge in [-0.25, -0.2) is 0 Å². The van der Waals surface area contributed by atoms with Gasteiger partial charge >= 0.3 is 5.97 Å². The number of cyclic esters (lactones) is 1. The predicted octanol–water partition coefficient (Wildman–Crippen LogP) is 3.76. The van der Waals surface area contributed by atoms with Crippen LogP contribution >= 0.6 is 0 Å². The van der Waals surface area contributed by atoms with Crippen molar-refractivity contribution >= 4 is 12.4 Å². The molecule has 5 atom stereocenters. The summed E-state index contributed by atoms with van der Waals surface area (Å²) in [6.45, 7) is 12.9. The van der Waals surface area contributed by atoms with Crippen molar-refractivity contribution in [3.8, 4) is 0 Å². The number of carbonyl (C=O) groups is 2. The number of carbonyl (C=O) groups excluding carboxylic acids is 2. The summed E-state index contributed by atoms with van der Waals surface area (Å²) in [5.74, 6) is -0.781. The minimum atomic E-state index is -1.09. The lowest BCUT2D eigenvalue weighted by molar-refractivity contribution is -0.198. The van der Waals surface area contributed by atoms with Crippen LogP contribution in [-0.4, -0.2) is 25.2 Å². The zero-order valence-corrected chi connectivity index (χ0v) is 16.2. The van der Waals surface area contributed by atoms with Crippen LogP contribution in [0.5, 0.6) is 0 Å². The van der Waals surface area contributed by atoms with Crippen LogP contribution in [-0.2, 0) is 23.8 Å². The number of methoxy groups -OCH3 is 1. The Morgan fingerprint density at radius 1 is 1.35 bits per heavy atom. The van der Waals surface area contributed by atoms with Gasteiger partial charge < -0.3 is 14.2 Å². The van der Waals surface area contributed by atoms with Gasteiger partial charge in [-0.2, -0.15) is 0 Å². The quantitative estimate of drug-likeness (QED) is 0.434. The molecule has 1 saturated carbocycles. The smallest absolute Gasteiger partial charge is 0.322 e. The number of esters is 1. The van der Waals surface area contributed by atoms with E-state index in [1.165, 1.54) is 7.11 Å². The van der Waals surface area contributed by atoms with E-state index in [0.29, 0.717) is 6.47 Å². The van der Waals surface area contributed by atoms with Gasteiger partial charge in [0.1, 0.15) is 5.92 Å². The SMILES string of the molecule is C=C[C@@]1(C)CC[C@H]2C(C)(C)C(C)C=C3C=C(OC)OC(=O)[C@@H]1[C@@]32OC=O. The molecule has 0 amide bonds. The van der Waals surface area contributed by atoms with Crippen molar-refractivity contribution in [3.05, 3.63) is 36.3 Å². The Kier molecular flexibility index (Phi) is 4.32. The Morgan fingerprint density at radius 2 is 2.04 bits per heavy atom. The van der Waals surface area contributed by atoms with Crippen LogP contribution in [0.3, 0.4) is 0 Å². The van der Waals surface area contributed by atoms with Gasteiger partial charge in [-0.3, -0.25) is 9.59 Å². The summed E-state index contributed by atoms with van der Waals surface area (Å²) < 4.78 is 16.7. The van der Waals surface area contributed by atoms with Crippen LogP contribution in [0.2, 0.25) is 0 Å². The van der Waals surface area contributed by atoms with Gasteiger partial charge in [-0.1, -0.05) is 39.8 Å². The molecule has 26 heavy (non-hydrogen) atoms. The maximum absolute atomic E-state index is 13.2. The molecule has 1 unspecified atom stereocenters. The van der Waals surface area contributed by atoms with Crippen molar-refractivity contribution in [2.24, 2.45) is 28.6 Å². The molecule has 1 heterocycles. The number of rotatable bonds is 4. The third-order valence-corrected chi connectivity index (χ3v) is 7.15. The third-order valence-electron chi connectivity index (χ3n) is 7.15. The molecule has 0 aromatic carbocycles. The van der Waals surface area contributed by atoms with Gasteiger partial charge in [-0.05, 0) is 24.2 Å². The fourth-order valence-electron chi connectivity index (χ4n) is 5.27. The minimum Gasteiger partial charge on any atom is -0.468 e. The van der Waals surface area contributed by atoms with Crippen molar-refractivity contribution in [1.29, 1.82) is 0 Å². The fourth-order valence-corrected chi connectivity index (χ4v) is 5.27. The predicted molar refractivity (Wildman–Crippen MR) is 96.6 cm³/mol. The normalized spacial score (nSPS) is 40.8. The highest BCUT2D eigenvalue weighted by molar-refractivity contribution is 5.79. The summed E-state index contributed by atoms with van der Waals surface area (Å²) >= 11 is 0. The standard InChI is InChI=1S/C21H28O5/c1-7-20(5)9-8-15-19(3,4)13(2)10-14-11-16(24-6)26-18(23)17(20)21(14,15)25-12-22/h7,10-13,15,17H,1,8-9H2,2-6H3/t13?,15-,17-,20-,21+/m0/s1. The second-order valence-corrected chi connectivity index (χ2v) is 8.56. The molecule has 0 aromatic heterocycles. The van der Waals surface area contributed by atoms with Crippen molar-refractivity contribution in [3.63, 3.8) is 0 Å². The van der Waals surface area contributed by atoms with Crippen molar-refractivity contribution in [1.82, 2.24) is 0 Å². The molecular formula is C21H28O5. The van der Waals surface area contributed by atoms with Crippen molar-refractivity contribution in [2.75, 3.05) is 7.11 Å². The average molecular weight is 360 g/mol. The van der Waals surface area contributed by atoms with E-state index in [0.717, 1.165) is 18.4 Å². The molecule has 1 fully saturated rings. The lowest BCUT2D eigenvalue weighted by atomic mass is 9.46. The Hall–Kier alpha value is -2.04. The Balaban J connectivity index is 2.36. The molecule has 2 aliphatic carbocycles. The largest absolute Gasteiger partial charge is 0.468 e. The molecule has 3 aliphatic rings. The van der Waals surface area contributed by atoms with Crippen molar-refractivity contribution < 1.29 is 23.8 Å². The highest BCUT2D eigenvalue weighted by Crippen LogP contribution is 2.64. The summed E-state index contributed by atoms with van der Waals surface area (Å²) in [6.07, 6.45) is 7.19. The molecule has 142 valence electrons. The van der Waals surface area contributed by atoms with Crippen LogP contribution < -0.4 is 0 Å². The van der Waals surface area contributed by atoms with Crippen LogP contribution in [0.25, 0.3) is 0 Å². The summed E-state index contributed by atoms with van der Waals surface area (Å²) in [5, 5.41) is 0. The minimum absolute atomic E-state index is 0.0202. The van der Waals surface area contributed by atoms with Gasteiger partial charge in [-0.15, -0.1) is 6.58 Å². The first kappa shape index (κ1) is 18.7. The van der Waals surface area contributed by atoms with E-state index in [4.69, 9.17) is 14.2 Å². The highest BCUT2D eigenvalue weighted by atomic mass is 16.7. The van der Waals surface area contributed by atoms with Crippen LogP contribution in [0.15, 0.2) is 36.3 Å². The Labute approximate surface area is 155 Å². The second-order valence-electron chi connectivity index (χ2n) is 8.56. The van der Waals surface area contributed by atoms with E-state index in [1.54, 1.807) is 12.2 Å². The average Bonchev–Trinajstić information content (AvgIpc) is 2.70. The molecular weight excluding hydrogens is 332 g/mol. The molecule has 0 aromatic rings. The first-order valence-corrected chi connectivity index (χ1v) is 9.12. The van der Waals surface area contributed by atoms with Gasteiger partial charge in [0.05, 0.1) is 7.11 Å². The maximum atomic E-state index is 13.2. The fraction of sp³-hybridized carbons (Fsp3) is 0.619. The van der Waals surface area contributed by atoms with Gasteiger partial charge in [0.25, 0.3) is 12.4 Å². The van der Waals surface area contributed by atoms with Gasteiger partial charge in [0, 0.05) is 23.0 Å². The maximum Gasteiger partial charge on any atom is 0.322 e. The van der Waals surface area contributed by atoms with Gasteiger partial charge in [0.15, 0.2) is 5.60 Å². The zero-order valence-electron chi connectivity index (χ0n) is 16.2. The monoisotopic (exact) mass is 360 g/mol. The van der Waals surface area contributed by atoms with Crippen LogP contribution in [0.1, 0.15) is 40.5 Å². The highest BCUT2D eigenvalue weighted by Gasteiger charge is 2.68. The van der Waals surface area contributed by atoms with E-state index in [2.05, 4.69) is 33.4 Å². The molecule has 0 bridgehead atoms. The number of hydrogen-bond donors (Lipinski definition) is 0. The lowest BCUT2D eigenvalue weighted by Gasteiger charge is -2.60. The summed E-state index contributed by atoms with van der Waals surface area (Å²) in [5.41, 5.74) is -1.01. The topological polar surface area (TPSA) is 61.8 Å². The number of ether oxygens (including phenoxy) is 3. The first-order valence-electron chi connectivity index (χ1n) is 9.12. The third kappa shape index (κ3) is 2.29. The van der Waals surface area contributed by atoms with E-state index >= 15 is 0 Å². The zero-order chi connectivity index (χ0) is 19.3. The lowest BCUT2D eigenvalue weighted by Crippen LogP contribution is -2.65. The first-order chi connectivity index (χ1) is 12.2. The van der Waals surface area contributed by atoms with E-state index in [9.17, 15) is 9.59 Å². The molecule has 0 spiro atoms. The van der Waals surface area contributed by atoms with Gasteiger partial charge in [0.2, 0.25) is 0 Å². The molecule has 5 nitrogen and oxygen atoms in total. The van der Waals surface area contributed by atoms with Crippen LogP contribution in [0.4, 0.5) is 0 Å². The Morgan fingerprint density at radius 3 is 2.62 bits per heavy atom. The molecule has 0 N–H and O–H groups in total.